The monoisotopic (exact) mass is 245 g/mol. The number of hydrogen-bond donors (Lipinski definition) is 1. The van der Waals surface area contributed by atoms with E-state index in [9.17, 15) is 0 Å². The number of aryl methyl sites for hydroxylation is 1. The van der Waals surface area contributed by atoms with Crippen LogP contribution in [0.4, 0.5) is 0 Å². The molecule has 4 heteroatoms. The highest BCUT2D eigenvalue weighted by molar-refractivity contribution is 7.16. The van der Waals surface area contributed by atoms with E-state index in [0.29, 0.717) is 0 Å². The molecule has 0 aliphatic carbocycles. The summed E-state index contributed by atoms with van der Waals surface area (Å²) < 4.78 is 6.58. The second-order valence-electron chi connectivity index (χ2n) is 4.35. The lowest BCUT2D eigenvalue weighted by Gasteiger charge is -2.29. The van der Waals surface area contributed by atoms with Gasteiger partial charge in [-0.05, 0) is 38.3 Å². The molecular formula is C11H16ClNOS. The topological polar surface area (TPSA) is 35.2 Å². The smallest absolute Gasteiger partial charge is 0.0960 e. The maximum Gasteiger partial charge on any atom is 0.0960 e. The minimum atomic E-state index is -0.208. The van der Waals surface area contributed by atoms with Crippen molar-refractivity contribution in [1.29, 1.82) is 0 Å². The number of nitrogens with two attached hydrogens (primary N) is 1. The van der Waals surface area contributed by atoms with Gasteiger partial charge in [0.2, 0.25) is 0 Å². The van der Waals surface area contributed by atoms with Gasteiger partial charge in [-0.2, -0.15) is 0 Å². The molecule has 2 unspecified atom stereocenters. The lowest BCUT2D eigenvalue weighted by molar-refractivity contribution is -0.000868. The molecule has 0 radical (unpaired) electrons. The van der Waals surface area contributed by atoms with Crippen LogP contribution < -0.4 is 5.73 Å². The maximum absolute atomic E-state index is 6.24. The molecule has 2 atom stereocenters. The molecule has 15 heavy (non-hydrogen) atoms. The van der Waals surface area contributed by atoms with Gasteiger partial charge in [-0.3, -0.25) is 0 Å². The third kappa shape index (κ3) is 2.07. The van der Waals surface area contributed by atoms with Crippen molar-refractivity contribution >= 4 is 22.9 Å². The molecule has 1 saturated heterocycles. The minimum absolute atomic E-state index is 0.0591. The minimum Gasteiger partial charge on any atom is -0.373 e. The normalized spacial score (nSPS) is 28.3. The van der Waals surface area contributed by atoms with Crippen LogP contribution >= 0.6 is 22.9 Å². The molecule has 0 saturated carbocycles. The molecule has 2 heterocycles. The summed E-state index contributed by atoms with van der Waals surface area (Å²) in [5.74, 6) is 0. The number of hydrogen-bond acceptors (Lipinski definition) is 3. The van der Waals surface area contributed by atoms with Crippen molar-refractivity contribution in [3.8, 4) is 0 Å². The third-order valence-electron chi connectivity index (χ3n) is 3.09. The van der Waals surface area contributed by atoms with Crippen molar-refractivity contribution in [1.82, 2.24) is 0 Å². The van der Waals surface area contributed by atoms with E-state index in [1.54, 1.807) is 11.3 Å². The lowest BCUT2D eigenvalue weighted by Crippen LogP contribution is -2.37. The maximum atomic E-state index is 6.24. The van der Waals surface area contributed by atoms with E-state index in [1.807, 2.05) is 6.92 Å². The standard InChI is InChI=1S/C11H16ClNOS/c1-7-6-8(15-10(7)12)9(13)11(2)4-3-5-14-11/h6,9H,3-5,13H2,1-2H3. The van der Waals surface area contributed by atoms with Crippen LogP contribution in [-0.4, -0.2) is 12.2 Å². The average Bonchev–Trinajstić information content (AvgIpc) is 2.75. The van der Waals surface area contributed by atoms with Gasteiger partial charge in [0, 0.05) is 11.5 Å². The Hall–Kier alpha value is -0.0900. The van der Waals surface area contributed by atoms with Crippen LogP contribution in [0.1, 0.15) is 36.2 Å². The van der Waals surface area contributed by atoms with E-state index < -0.39 is 0 Å². The fourth-order valence-corrected chi connectivity index (χ4v) is 3.34. The first-order chi connectivity index (χ1) is 7.03. The first-order valence-corrected chi connectivity index (χ1v) is 6.38. The molecule has 0 amide bonds. The molecule has 1 aromatic heterocycles. The van der Waals surface area contributed by atoms with Crippen molar-refractivity contribution in [3.63, 3.8) is 0 Å². The van der Waals surface area contributed by atoms with Crippen molar-refractivity contribution in [2.45, 2.75) is 38.3 Å². The molecule has 0 spiro atoms. The van der Waals surface area contributed by atoms with E-state index >= 15 is 0 Å². The third-order valence-corrected chi connectivity index (χ3v) is 4.73. The Morgan fingerprint density at radius 2 is 2.40 bits per heavy atom. The highest BCUT2D eigenvalue weighted by atomic mass is 35.5. The van der Waals surface area contributed by atoms with Crippen LogP contribution in [0.2, 0.25) is 4.34 Å². The van der Waals surface area contributed by atoms with Crippen LogP contribution in [0.25, 0.3) is 0 Å². The van der Waals surface area contributed by atoms with Crippen molar-refractivity contribution in [2.24, 2.45) is 5.73 Å². The van der Waals surface area contributed by atoms with E-state index in [-0.39, 0.29) is 11.6 Å². The van der Waals surface area contributed by atoms with Gasteiger partial charge in [0.1, 0.15) is 0 Å². The summed E-state index contributed by atoms with van der Waals surface area (Å²) >= 11 is 7.62. The highest BCUT2D eigenvalue weighted by Gasteiger charge is 2.37. The molecule has 1 aliphatic rings. The molecule has 1 aliphatic heterocycles. The molecule has 2 N–H and O–H groups in total. The highest BCUT2D eigenvalue weighted by Crippen LogP contribution is 2.40. The predicted octanol–water partition coefficient (Wildman–Crippen LogP) is 3.28. The van der Waals surface area contributed by atoms with Crippen LogP contribution in [-0.2, 0) is 4.74 Å². The van der Waals surface area contributed by atoms with Crippen LogP contribution in [0.3, 0.4) is 0 Å². The Kier molecular flexibility index (Phi) is 3.08. The van der Waals surface area contributed by atoms with E-state index in [0.717, 1.165) is 34.2 Å². The van der Waals surface area contributed by atoms with Gasteiger partial charge in [-0.25, -0.2) is 0 Å². The Balaban J connectivity index is 2.23. The Morgan fingerprint density at radius 1 is 1.67 bits per heavy atom. The summed E-state index contributed by atoms with van der Waals surface area (Å²) in [6.45, 7) is 4.92. The quantitative estimate of drug-likeness (QED) is 0.868. The Bertz CT molecular complexity index is 338. The largest absolute Gasteiger partial charge is 0.373 e. The van der Waals surface area contributed by atoms with Gasteiger partial charge in [0.15, 0.2) is 0 Å². The Labute approximate surface area is 99.4 Å². The molecular weight excluding hydrogens is 230 g/mol. The average molecular weight is 246 g/mol. The molecule has 2 rings (SSSR count). The van der Waals surface area contributed by atoms with Crippen LogP contribution in [0, 0.1) is 6.92 Å². The van der Waals surface area contributed by atoms with Gasteiger partial charge in [0.05, 0.1) is 16.0 Å². The zero-order valence-corrected chi connectivity index (χ0v) is 10.6. The molecule has 1 fully saturated rings. The van der Waals surface area contributed by atoms with Gasteiger partial charge in [-0.1, -0.05) is 11.6 Å². The van der Waals surface area contributed by atoms with Crippen LogP contribution in [0.5, 0.6) is 0 Å². The molecule has 0 aromatic carbocycles. The zero-order chi connectivity index (χ0) is 11.1. The lowest BCUT2D eigenvalue weighted by atomic mass is 9.92. The number of ether oxygens (including phenoxy) is 1. The second kappa shape index (κ2) is 4.06. The van der Waals surface area contributed by atoms with E-state index in [1.165, 1.54) is 0 Å². The first-order valence-electron chi connectivity index (χ1n) is 5.18. The fourth-order valence-electron chi connectivity index (χ4n) is 1.98. The van der Waals surface area contributed by atoms with Gasteiger partial charge in [-0.15, -0.1) is 11.3 Å². The predicted molar refractivity (Wildman–Crippen MR) is 64.6 cm³/mol. The van der Waals surface area contributed by atoms with Crippen molar-refractivity contribution in [3.05, 3.63) is 20.8 Å². The molecule has 2 nitrogen and oxygen atoms in total. The van der Waals surface area contributed by atoms with Crippen LogP contribution in [0.15, 0.2) is 6.07 Å². The number of rotatable bonds is 2. The fraction of sp³-hybridized carbons (Fsp3) is 0.636. The number of halogens is 1. The summed E-state index contributed by atoms with van der Waals surface area (Å²) in [6.07, 6.45) is 2.13. The van der Waals surface area contributed by atoms with E-state index in [4.69, 9.17) is 22.1 Å². The summed E-state index contributed by atoms with van der Waals surface area (Å²) in [6, 6.07) is 2.01. The van der Waals surface area contributed by atoms with Gasteiger partial charge in [0.25, 0.3) is 0 Å². The van der Waals surface area contributed by atoms with Gasteiger partial charge < -0.3 is 10.5 Å². The Morgan fingerprint density at radius 3 is 2.87 bits per heavy atom. The zero-order valence-electron chi connectivity index (χ0n) is 9.05. The second-order valence-corrected chi connectivity index (χ2v) is 6.03. The van der Waals surface area contributed by atoms with Crippen molar-refractivity contribution < 1.29 is 4.74 Å². The summed E-state index contributed by atoms with van der Waals surface area (Å²) in [7, 11) is 0. The molecule has 1 aromatic rings. The first kappa shape index (κ1) is 11.4. The summed E-state index contributed by atoms with van der Waals surface area (Å²) in [4.78, 5) is 1.13. The van der Waals surface area contributed by atoms with Gasteiger partial charge >= 0.3 is 0 Å². The van der Waals surface area contributed by atoms with Crippen molar-refractivity contribution in [2.75, 3.05) is 6.61 Å². The number of thiophene rings is 1. The van der Waals surface area contributed by atoms with E-state index in [2.05, 4.69) is 13.0 Å². The SMILES string of the molecule is Cc1cc(C(N)C2(C)CCCO2)sc1Cl. The molecule has 84 valence electrons. The summed E-state index contributed by atoms with van der Waals surface area (Å²) in [5.41, 5.74) is 7.14. The summed E-state index contributed by atoms with van der Waals surface area (Å²) in [5, 5.41) is 0. The molecule has 0 bridgehead atoms.